The van der Waals surface area contributed by atoms with Crippen LogP contribution in [0.3, 0.4) is 0 Å². The molecule has 0 saturated carbocycles. The van der Waals surface area contributed by atoms with Crippen molar-refractivity contribution in [1.29, 1.82) is 0 Å². The minimum absolute atomic E-state index is 0. The van der Waals surface area contributed by atoms with Crippen molar-refractivity contribution in [3.8, 4) is 33.9 Å². The molecule has 11 heteroatoms. The van der Waals surface area contributed by atoms with Crippen molar-refractivity contribution in [2.24, 2.45) is 0 Å². The monoisotopic (exact) mass is 490 g/mol. The van der Waals surface area contributed by atoms with E-state index < -0.39 is 18.8 Å². The molecule has 7 nitrogen and oxygen atoms in total. The van der Waals surface area contributed by atoms with Gasteiger partial charge in [-0.1, -0.05) is 18.2 Å². The van der Waals surface area contributed by atoms with Gasteiger partial charge in [0.05, 0.1) is 11.9 Å². The van der Waals surface area contributed by atoms with Gasteiger partial charge >= 0.3 is 6.03 Å². The summed E-state index contributed by atoms with van der Waals surface area (Å²) in [7, 11) is 0. The van der Waals surface area contributed by atoms with Gasteiger partial charge in [-0.15, -0.1) is 12.4 Å². The van der Waals surface area contributed by atoms with Crippen LogP contribution in [0.15, 0.2) is 67.0 Å². The summed E-state index contributed by atoms with van der Waals surface area (Å²) in [6.45, 7) is 0.206. The average Bonchev–Trinajstić information content (AvgIpc) is 3.45. The molecule has 1 aliphatic rings. The summed E-state index contributed by atoms with van der Waals surface area (Å²) >= 11 is 0. The molecule has 5 rings (SSSR count). The molecule has 0 saturated heterocycles. The first-order valence-corrected chi connectivity index (χ1v) is 9.95. The van der Waals surface area contributed by atoms with Crippen molar-refractivity contribution in [2.75, 3.05) is 12.1 Å². The van der Waals surface area contributed by atoms with Crippen molar-refractivity contribution < 1.29 is 27.4 Å². The lowest BCUT2D eigenvalue weighted by Gasteiger charge is -2.11. The summed E-state index contributed by atoms with van der Waals surface area (Å²) in [4.78, 5) is 16.2. The predicted molar refractivity (Wildman–Crippen MR) is 122 cm³/mol. The molecule has 0 fully saturated rings. The third kappa shape index (κ3) is 4.58. The van der Waals surface area contributed by atoms with Crippen LogP contribution in [0, 0.1) is 0 Å². The Balaban J connectivity index is 0.00000274. The fraction of sp³-hybridized carbons (Fsp3) is 0.130. The van der Waals surface area contributed by atoms with Crippen LogP contribution in [-0.2, 0) is 0 Å². The van der Waals surface area contributed by atoms with E-state index in [1.165, 1.54) is 0 Å². The van der Waals surface area contributed by atoms with E-state index in [4.69, 9.17) is 9.47 Å². The molecule has 1 atom stereocenters. The number of amides is 2. The van der Waals surface area contributed by atoms with Gasteiger partial charge in [0.25, 0.3) is 6.43 Å². The molecule has 0 spiro atoms. The molecular weight excluding hydrogens is 473 g/mol. The Morgan fingerprint density at radius 1 is 0.971 bits per heavy atom. The number of carbonyl (C=O) groups is 1. The highest BCUT2D eigenvalue weighted by atomic mass is 35.5. The van der Waals surface area contributed by atoms with Crippen molar-refractivity contribution in [3.63, 3.8) is 0 Å². The molecule has 2 amide bonds. The normalized spacial score (nSPS) is 12.9. The van der Waals surface area contributed by atoms with E-state index >= 15 is 0 Å². The number of hydrogen-bond acceptors (Lipinski definition) is 4. The summed E-state index contributed by atoms with van der Waals surface area (Å²) < 4.78 is 50.3. The number of halogens is 4. The summed E-state index contributed by atoms with van der Waals surface area (Å²) in [6, 6.07) is 15.2. The topological polar surface area (TPSA) is 76.9 Å². The lowest BCUT2D eigenvalue weighted by molar-refractivity contribution is 0.0380. The number of alkyl halides is 3. The van der Waals surface area contributed by atoms with E-state index in [0.29, 0.717) is 22.8 Å². The number of anilines is 1. The van der Waals surface area contributed by atoms with Gasteiger partial charge in [0.1, 0.15) is 5.65 Å². The van der Waals surface area contributed by atoms with Gasteiger partial charge in [-0.05, 0) is 47.5 Å². The molecule has 34 heavy (non-hydrogen) atoms. The summed E-state index contributed by atoms with van der Waals surface area (Å²) in [6.07, 6.45) is -2.48. The van der Waals surface area contributed by atoms with Crippen LogP contribution < -0.4 is 20.1 Å². The standard InChI is InChI=1S/C23H17F3N4O3.ClH/c24-21(25)22(26)29-23(31)28-16-3-1-2-15(8-16)17-11-27-20-10-14(6-7-30(17)20)13-4-5-18-19(9-13)33-12-32-18;/h1-11,21-22H,12H2,(H2,28,29,31);1H. The predicted octanol–water partition coefficient (Wildman–Crippen LogP) is 5.50. The quantitative estimate of drug-likeness (QED) is 0.362. The van der Waals surface area contributed by atoms with Gasteiger partial charge in [-0.25, -0.2) is 22.9 Å². The van der Waals surface area contributed by atoms with Crippen molar-refractivity contribution in [2.45, 2.75) is 12.7 Å². The van der Waals surface area contributed by atoms with E-state index in [2.05, 4.69) is 10.3 Å². The lowest BCUT2D eigenvalue weighted by Crippen LogP contribution is -2.39. The lowest BCUT2D eigenvalue weighted by atomic mass is 10.1. The number of imidazole rings is 1. The molecule has 176 valence electrons. The minimum atomic E-state index is -3.30. The van der Waals surface area contributed by atoms with Gasteiger partial charge in [-0.2, -0.15) is 0 Å². The third-order valence-electron chi connectivity index (χ3n) is 5.13. The highest BCUT2D eigenvalue weighted by Crippen LogP contribution is 2.36. The van der Waals surface area contributed by atoms with E-state index in [1.807, 2.05) is 47.0 Å². The number of rotatable bonds is 5. The van der Waals surface area contributed by atoms with E-state index in [0.717, 1.165) is 22.4 Å². The summed E-state index contributed by atoms with van der Waals surface area (Å²) in [5, 5.41) is 3.90. The zero-order valence-corrected chi connectivity index (χ0v) is 18.2. The van der Waals surface area contributed by atoms with Crippen molar-refractivity contribution in [3.05, 3.63) is 67.0 Å². The Labute approximate surface area is 197 Å². The Hall–Kier alpha value is -3.92. The smallest absolute Gasteiger partial charge is 0.321 e. The number of fused-ring (bicyclic) bond motifs is 2. The molecule has 2 aromatic carbocycles. The first-order valence-electron chi connectivity index (χ1n) is 9.95. The SMILES string of the molecule is Cl.O=C(Nc1cccc(-c2cnc3cc(-c4ccc5c(c4)OCO5)ccn23)c1)NC(F)C(F)F. The highest BCUT2D eigenvalue weighted by molar-refractivity contribution is 5.90. The minimum Gasteiger partial charge on any atom is -0.454 e. The Morgan fingerprint density at radius 3 is 2.59 bits per heavy atom. The first kappa shape index (κ1) is 23.2. The van der Waals surface area contributed by atoms with Crippen LogP contribution in [0.2, 0.25) is 0 Å². The van der Waals surface area contributed by atoms with Gasteiger partial charge in [0.15, 0.2) is 11.5 Å². The molecule has 0 radical (unpaired) electrons. The molecule has 0 aliphatic carbocycles. The number of pyridine rings is 1. The number of carbonyl (C=O) groups excluding carboxylic acids is 1. The van der Waals surface area contributed by atoms with Crippen LogP contribution in [0.4, 0.5) is 23.7 Å². The molecule has 3 heterocycles. The number of nitrogens with one attached hydrogen (secondary N) is 2. The van der Waals surface area contributed by atoms with Gasteiger partial charge < -0.3 is 20.1 Å². The largest absolute Gasteiger partial charge is 0.454 e. The molecule has 2 aromatic heterocycles. The van der Waals surface area contributed by atoms with Crippen LogP contribution in [0.1, 0.15) is 0 Å². The average molecular weight is 491 g/mol. The zero-order chi connectivity index (χ0) is 22.9. The zero-order valence-electron chi connectivity index (χ0n) is 17.4. The molecule has 1 aliphatic heterocycles. The number of benzene rings is 2. The van der Waals surface area contributed by atoms with Crippen LogP contribution in [0.25, 0.3) is 28.0 Å². The maximum Gasteiger partial charge on any atom is 0.321 e. The number of hydrogen-bond donors (Lipinski definition) is 2. The Morgan fingerprint density at radius 2 is 1.76 bits per heavy atom. The second kappa shape index (κ2) is 9.52. The molecular formula is C23H18ClF3N4O3. The van der Waals surface area contributed by atoms with Gasteiger partial charge in [0, 0.05) is 17.4 Å². The molecule has 1 unspecified atom stereocenters. The number of urea groups is 1. The molecule has 0 bridgehead atoms. The maximum absolute atomic E-state index is 13.0. The Kier molecular flexibility index (Phi) is 6.51. The van der Waals surface area contributed by atoms with E-state index in [9.17, 15) is 18.0 Å². The second-order valence-corrected chi connectivity index (χ2v) is 7.27. The summed E-state index contributed by atoms with van der Waals surface area (Å²) in [5.74, 6) is 1.40. The second-order valence-electron chi connectivity index (χ2n) is 7.27. The maximum atomic E-state index is 13.0. The molecule has 4 aromatic rings. The van der Waals surface area contributed by atoms with E-state index in [1.54, 1.807) is 29.7 Å². The highest BCUT2D eigenvalue weighted by Gasteiger charge is 2.21. The fourth-order valence-electron chi connectivity index (χ4n) is 3.56. The Bertz CT molecular complexity index is 1350. The number of ether oxygens (including phenoxy) is 2. The van der Waals surface area contributed by atoms with E-state index in [-0.39, 0.29) is 19.2 Å². The van der Waals surface area contributed by atoms with Gasteiger partial charge in [-0.3, -0.25) is 4.40 Å². The van der Waals surface area contributed by atoms with Crippen LogP contribution in [0.5, 0.6) is 11.5 Å². The van der Waals surface area contributed by atoms with Gasteiger partial charge in [0.2, 0.25) is 13.1 Å². The fourth-order valence-corrected chi connectivity index (χ4v) is 3.56. The van der Waals surface area contributed by atoms with Crippen molar-refractivity contribution >= 4 is 29.8 Å². The first-order chi connectivity index (χ1) is 16.0. The van der Waals surface area contributed by atoms with Crippen LogP contribution in [-0.4, -0.2) is 34.9 Å². The summed E-state index contributed by atoms with van der Waals surface area (Å²) in [5.41, 5.74) is 4.40. The van der Waals surface area contributed by atoms with Crippen LogP contribution >= 0.6 is 12.4 Å². The number of nitrogens with zero attached hydrogens (tertiary/aromatic N) is 2. The number of aromatic nitrogens is 2. The molecule has 2 N–H and O–H groups in total. The van der Waals surface area contributed by atoms with Crippen molar-refractivity contribution in [1.82, 2.24) is 14.7 Å². The third-order valence-corrected chi connectivity index (χ3v) is 5.13.